The molecule has 4 N–H and O–H groups in total. The van der Waals surface area contributed by atoms with Gasteiger partial charge in [0.15, 0.2) is 0 Å². The third-order valence-electron chi connectivity index (χ3n) is 2.52. The lowest BCUT2D eigenvalue weighted by atomic mass is 9.99. The Balaban J connectivity index is 2.69. The van der Waals surface area contributed by atoms with Gasteiger partial charge >= 0.3 is 5.97 Å². The summed E-state index contributed by atoms with van der Waals surface area (Å²) in [4.78, 5) is 11.0. The number of benzene rings is 2. The average Bonchev–Trinajstić information content (AvgIpc) is 2.30. The third-order valence-corrected chi connectivity index (χ3v) is 2.52. The molecule has 0 saturated carbocycles. The molecule has 0 aliphatic rings. The second kappa shape index (κ2) is 4.17. The van der Waals surface area contributed by atoms with E-state index in [1.165, 1.54) is 12.1 Å². The monoisotopic (exact) mass is 229 g/mol. The van der Waals surface area contributed by atoms with Crippen molar-refractivity contribution in [2.45, 2.75) is 0 Å². The second-order valence-corrected chi connectivity index (χ2v) is 3.59. The Labute approximate surface area is 97.9 Å². The smallest absolute Gasteiger partial charge is 0.337 e. The number of anilines is 1. The molecule has 4 nitrogen and oxygen atoms in total. The number of carboxylic acid groups (broad SMARTS) is 1. The van der Waals surface area contributed by atoms with Crippen molar-refractivity contribution in [3.63, 3.8) is 0 Å². The standard InChI is InChI=1S/C13H11NO3/c14-12-9(13(16)17)6-7-10(15)11(12)8-4-2-1-3-5-8/h1-7,15H,14H2,(H,16,17). The van der Waals surface area contributed by atoms with E-state index in [4.69, 9.17) is 10.8 Å². The molecule has 0 aliphatic heterocycles. The number of aromatic carboxylic acids is 1. The Morgan fingerprint density at radius 2 is 1.71 bits per heavy atom. The lowest BCUT2D eigenvalue weighted by Crippen LogP contribution is -2.03. The molecule has 0 unspecified atom stereocenters. The number of phenols is 1. The lowest BCUT2D eigenvalue weighted by Gasteiger charge is -2.10. The molecule has 0 saturated heterocycles. The van der Waals surface area contributed by atoms with Crippen molar-refractivity contribution in [1.29, 1.82) is 0 Å². The number of carboxylic acids is 1. The van der Waals surface area contributed by atoms with Crippen LogP contribution in [0.4, 0.5) is 5.69 Å². The Morgan fingerprint density at radius 1 is 1.06 bits per heavy atom. The highest BCUT2D eigenvalue weighted by atomic mass is 16.4. The first-order valence-electron chi connectivity index (χ1n) is 5.01. The maximum Gasteiger partial charge on any atom is 0.337 e. The third kappa shape index (κ3) is 1.92. The summed E-state index contributed by atoms with van der Waals surface area (Å²) < 4.78 is 0. The van der Waals surface area contributed by atoms with Crippen LogP contribution in [-0.2, 0) is 0 Å². The maximum absolute atomic E-state index is 11.0. The van der Waals surface area contributed by atoms with Gasteiger partial charge in [-0.1, -0.05) is 30.3 Å². The zero-order chi connectivity index (χ0) is 12.4. The first kappa shape index (κ1) is 11.0. The van der Waals surface area contributed by atoms with Crippen LogP contribution in [0.1, 0.15) is 10.4 Å². The molecule has 2 aromatic rings. The largest absolute Gasteiger partial charge is 0.507 e. The molecule has 0 amide bonds. The summed E-state index contributed by atoms with van der Waals surface area (Å²) >= 11 is 0. The lowest BCUT2D eigenvalue weighted by molar-refractivity contribution is 0.0698. The van der Waals surface area contributed by atoms with E-state index in [0.29, 0.717) is 11.1 Å². The van der Waals surface area contributed by atoms with Gasteiger partial charge in [0.2, 0.25) is 0 Å². The fourth-order valence-electron chi connectivity index (χ4n) is 1.70. The minimum absolute atomic E-state index is 0.0124. The van der Waals surface area contributed by atoms with E-state index in [-0.39, 0.29) is 17.0 Å². The quantitative estimate of drug-likeness (QED) is 0.690. The van der Waals surface area contributed by atoms with Crippen molar-refractivity contribution in [2.75, 3.05) is 5.73 Å². The van der Waals surface area contributed by atoms with Crippen molar-refractivity contribution in [3.8, 4) is 16.9 Å². The van der Waals surface area contributed by atoms with Crippen molar-refractivity contribution in [3.05, 3.63) is 48.0 Å². The molecule has 0 fully saturated rings. The van der Waals surface area contributed by atoms with Crippen LogP contribution >= 0.6 is 0 Å². The topological polar surface area (TPSA) is 83.6 Å². The molecule has 0 atom stereocenters. The SMILES string of the molecule is Nc1c(C(=O)O)ccc(O)c1-c1ccccc1. The molecular formula is C13H11NO3. The first-order chi connectivity index (χ1) is 8.11. The van der Waals surface area contributed by atoms with E-state index in [9.17, 15) is 9.90 Å². The number of rotatable bonds is 2. The van der Waals surface area contributed by atoms with Gasteiger partial charge in [0, 0.05) is 5.56 Å². The number of aromatic hydroxyl groups is 1. The minimum Gasteiger partial charge on any atom is -0.507 e. The molecule has 17 heavy (non-hydrogen) atoms. The maximum atomic E-state index is 11.0. The van der Waals surface area contributed by atoms with Gasteiger partial charge in [-0.15, -0.1) is 0 Å². The van der Waals surface area contributed by atoms with Crippen LogP contribution in [0.2, 0.25) is 0 Å². The molecule has 0 spiro atoms. The van der Waals surface area contributed by atoms with Gasteiger partial charge in [0.1, 0.15) is 5.75 Å². The van der Waals surface area contributed by atoms with E-state index >= 15 is 0 Å². The van der Waals surface area contributed by atoms with E-state index in [2.05, 4.69) is 0 Å². The van der Waals surface area contributed by atoms with Crippen LogP contribution in [0.3, 0.4) is 0 Å². The van der Waals surface area contributed by atoms with Crippen molar-refractivity contribution in [1.82, 2.24) is 0 Å². The summed E-state index contributed by atoms with van der Waals surface area (Å²) in [6.07, 6.45) is 0. The van der Waals surface area contributed by atoms with Gasteiger partial charge in [-0.25, -0.2) is 4.79 Å². The van der Waals surface area contributed by atoms with Crippen LogP contribution in [0.25, 0.3) is 11.1 Å². The fraction of sp³-hybridized carbons (Fsp3) is 0. The molecule has 2 rings (SSSR count). The molecule has 0 heterocycles. The molecule has 0 radical (unpaired) electrons. The van der Waals surface area contributed by atoms with Gasteiger partial charge in [0.25, 0.3) is 0 Å². The van der Waals surface area contributed by atoms with Crippen LogP contribution in [-0.4, -0.2) is 16.2 Å². The predicted octanol–water partition coefficient (Wildman–Crippen LogP) is 2.34. The van der Waals surface area contributed by atoms with E-state index in [1.807, 2.05) is 6.07 Å². The van der Waals surface area contributed by atoms with Crippen molar-refractivity contribution < 1.29 is 15.0 Å². The minimum atomic E-state index is -1.11. The number of phenolic OH excluding ortho intramolecular Hbond substituents is 1. The van der Waals surface area contributed by atoms with Crippen LogP contribution in [0.15, 0.2) is 42.5 Å². The van der Waals surface area contributed by atoms with Gasteiger partial charge in [-0.2, -0.15) is 0 Å². The molecule has 0 aliphatic carbocycles. The number of hydrogen-bond donors (Lipinski definition) is 3. The summed E-state index contributed by atoms with van der Waals surface area (Å²) in [6.45, 7) is 0. The Bertz CT molecular complexity index is 564. The van der Waals surface area contributed by atoms with Crippen LogP contribution in [0.5, 0.6) is 5.75 Å². The summed E-state index contributed by atoms with van der Waals surface area (Å²) in [6, 6.07) is 11.6. The molecule has 86 valence electrons. The number of hydrogen-bond acceptors (Lipinski definition) is 3. The van der Waals surface area contributed by atoms with Gasteiger partial charge in [-0.05, 0) is 17.7 Å². The first-order valence-corrected chi connectivity index (χ1v) is 5.01. The van der Waals surface area contributed by atoms with E-state index in [0.717, 1.165) is 0 Å². The Morgan fingerprint density at radius 3 is 2.29 bits per heavy atom. The summed E-state index contributed by atoms with van der Waals surface area (Å²) in [5, 5.41) is 18.7. The Kier molecular flexibility index (Phi) is 2.70. The van der Waals surface area contributed by atoms with Crippen LogP contribution < -0.4 is 5.73 Å². The predicted molar refractivity (Wildman–Crippen MR) is 64.9 cm³/mol. The highest BCUT2D eigenvalue weighted by Crippen LogP contribution is 2.36. The highest BCUT2D eigenvalue weighted by molar-refractivity contribution is 5.99. The average molecular weight is 229 g/mol. The number of nitrogens with two attached hydrogens (primary N) is 1. The van der Waals surface area contributed by atoms with Gasteiger partial charge in [0.05, 0.1) is 11.3 Å². The Hall–Kier alpha value is -2.49. The molecule has 2 aromatic carbocycles. The van der Waals surface area contributed by atoms with E-state index < -0.39 is 5.97 Å². The summed E-state index contributed by atoms with van der Waals surface area (Å²) in [5.41, 5.74) is 6.87. The fourth-order valence-corrected chi connectivity index (χ4v) is 1.70. The van der Waals surface area contributed by atoms with E-state index in [1.54, 1.807) is 24.3 Å². The summed E-state index contributed by atoms with van der Waals surface area (Å²) in [5.74, 6) is -1.14. The number of carbonyl (C=O) groups is 1. The van der Waals surface area contributed by atoms with Crippen molar-refractivity contribution >= 4 is 11.7 Å². The van der Waals surface area contributed by atoms with Crippen molar-refractivity contribution in [2.24, 2.45) is 0 Å². The van der Waals surface area contributed by atoms with Crippen LogP contribution in [0, 0.1) is 0 Å². The molecule has 4 heteroatoms. The van der Waals surface area contributed by atoms with Gasteiger partial charge in [-0.3, -0.25) is 0 Å². The highest BCUT2D eigenvalue weighted by Gasteiger charge is 2.15. The number of nitrogen functional groups attached to an aromatic ring is 1. The molecule has 0 aromatic heterocycles. The molecular weight excluding hydrogens is 218 g/mol. The zero-order valence-corrected chi connectivity index (χ0v) is 8.92. The zero-order valence-electron chi connectivity index (χ0n) is 8.92. The normalized spacial score (nSPS) is 10.1. The second-order valence-electron chi connectivity index (χ2n) is 3.59. The molecule has 0 bridgehead atoms. The van der Waals surface area contributed by atoms with Gasteiger partial charge < -0.3 is 15.9 Å². The summed E-state index contributed by atoms with van der Waals surface area (Å²) in [7, 11) is 0.